The van der Waals surface area contributed by atoms with Crippen LogP contribution in [0.3, 0.4) is 0 Å². The van der Waals surface area contributed by atoms with Crippen molar-refractivity contribution in [3.05, 3.63) is 0 Å². The molecule has 50 valence electrons. The molecule has 0 aliphatic heterocycles. The topological polar surface area (TPSA) is 9.23 Å². The first kappa shape index (κ1) is 6.90. The van der Waals surface area contributed by atoms with Gasteiger partial charge in [0.15, 0.2) is 0 Å². The van der Waals surface area contributed by atoms with Crippen LogP contribution in [0.2, 0.25) is 0 Å². The van der Waals surface area contributed by atoms with Gasteiger partial charge >= 0.3 is 0 Å². The number of halogens is 1. The van der Waals surface area contributed by atoms with Gasteiger partial charge in [-0.3, -0.25) is 0 Å². The van der Waals surface area contributed by atoms with E-state index in [-0.39, 0.29) is 0 Å². The Hall–Kier alpha value is 0.790. The van der Waals surface area contributed by atoms with Crippen molar-refractivity contribution in [2.45, 2.75) is 6.42 Å². The lowest BCUT2D eigenvalue weighted by molar-refractivity contribution is 0.152. The van der Waals surface area contributed by atoms with Crippen LogP contribution in [0.4, 0.5) is 0 Å². The third kappa shape index (κ3) is 6.79. The zero-order chi connectivity index (χ0) is 6.95. The van der Waals surface area contributed by atoms with Crippen LogP contribution in [0.25, 0.3) is 0 Å². The molecule has 0 radical (unpaired) electrons. The average Bonchev–Trinajstić information content (AvgIpc) is 1.89. The first-order valence-corrected chi connectivity index (χ1v) is 4.33. The summed E-state index contributed by atoms with van der Waals surface area (Å²) in [6, 6.07) is 0. The summed E-state index contributed by atoms with van der Waals surface area (Å²) in [6.07, 6.45) is 0.987. The van der Waals surface area contributed by atoms with E-state index in [1.165, 1.54) is 0 Å². The molecule has 8 heavy (non-hydrogen) atoms. The number of hydrogen-bond acceptors (Lipinski definition) is 2. The molecule has 0 heterocycles. The Kier molecular flexibility index (Phi) is 6.72. The van der Waals surface area contributed by atoms with E-state index in [1.54, 1.807) is 0 Å². The van der Waals surface area contributed by atoms with E-state index in [9.17, 15) is 0 Å². The quantitative estimate of drug-likeness (QED) is 0.391. The van der Waals surface area contributed by atoms with Gasteiger partial charge in [0, 0.05) is 11.9 Å². The minimum absolute atomic E-state index is 0.780. The highest BCUT2D eigenvalue weighted by molar-refractivity contribution is 9.09. The van der Waals surface area contributed by atoms with Crippen LogP contribution in [0.15, 0.2) is 0 Å². The lowest BCUT2D eigenvalue weighted by Gasteiger charge is -1.96. The largest absolute Gasteiger partial charge is 0.381 e. The van der Waals surface area contributed by atoms with Gasteiger partial charge in [-0.1, -0.05) is 15.9 Å². The second-order valence-electron chi connectivity index (χ2n) is 1.36. The fourth-order valence-electron chi connectivity index (χ4n) is 0.318. The predicted molar refractivity (Wildman–Crippen MR) is 43.1 cm³/mol. The highest BCUT2D eigenvalue weighted by Crippen LogP contribution is 1.86. The normalized spacial score (nSPS) is 11.4. The van der Waals surface area contributed by atoms with Crippen molar-refractivity contribution < 1.29 is 4.74 Å². The molecule has 3 heteroatoms. The van der Waals surface area contributed by atoms with Crippen LogP contribution in [0, 0.1) is 0 Å². The van der Waals surface area contributed by atoms with E-state index in [4.69, 9.17) is 5.86 Å². The Morgan fingerprint density at radius 3 is 3.12 bits per heavy atom. The molecule has 0 bridgehead atoms. The Balaban J connectivity index is 2.60. The number of rotatable bonds is 6. The molecule has 0 amide bonds. The SMILES string of the molecule is [3H]SCCCOCCBr. The summed E-state index contributed by atoms with van der Waals surface area (Å²) in [6.45, 7) is 1.57. The Bertz CT molecular complexity index is 50.2. The predicted octanol–water partition coefficient (Wildman–Crippen LogP) is 1.72. The van der Waals surface area contributed by atoms with Gasteiger partial charge in [-0.25, -0.2) is 0 Å². The molecule has 0 saturated heterocycles. The first-order chi connectivity index (χ1) is 4.41. The zero-order valence-corrected chi connectivity index (χ0v) is 7.13. The monoisotopic (exact) mass is 200 g/mol. The minimum Gasteiger partial charge on any atom is -0.381 e. The molecule has 0 N–H and O–H groups in total. The highest BCUT2D eigenvalue weighted by Gasteiger charge is 1.82. The minimum atomic E-state index is 0.780. The van der Waals surface area contributed by atoms with Crippen molar-refractivity contribution in [3.8, 4) is 0 Å². The summed E-state index contributed by atoms with van der Waals surface area (Å²) in [4.78, 5) is 0. The summed E-state index contributed by atoms with van der Waals surface area (Å²) in [5, 5.41) is 0.904. The van der Waals surface area contributed by atoms with Crippen molar-refractivity contribution in [1.82, 2.24) is 0 Å². The summed E-state index contributed by atoms with van der Waals surface area (Å²) in [7, 11) is 0. The fraction of sp³-hybridized carbons (Fsp3) is 1.00. The molecule has 0 aromatic heterocycles. The molecule has 0 fully saturated rings. The molecular weight excluding hydrogens is 188 g/mol. The fourth-order valence-corrected chi connectivity index (χ4v) is 0.664. The van der Waals surface area contributed by atoms with Gasteiger partial charge in [-0.2, -0.15) is 12.5 Å². The van der Waals surface area contributed by atoms with E-state index in [0.29, 0.717) is 0 Å². The molecule has 0 aromatic carbocycles. The maximum absolute atomic E-state index is 6.73. The van der Waals surface area contributed by atoms with Crippen molar-refractivity contribution in [1.29, 1.82) is 1.12 Å². The van der Waals surface area contributed by atoms with Crippen LogP contribution < -0.4 is 0 Å². The third-order valence-electron chi connectivity index (χ3n) is 0.655. The molecule has 0 saturated carbocycles. The number of alkyl halides is 1. The number of ether oxygens (including phenoxy) is 1. The molecular formula is C5H11BrOS. The maximum atomic E-state index is 6.73. The van der Waals surface area contributed by atoms with Crippen LogP contribution in [0.1, 0.15) is 6.42 Å². The Morgan fingerprint density at radius 2 is 2.50 bits per heavy atom. The van der Waals surface area contributed by atoms with Crippen LogP contribution >= 0.6 is 28.5 Å². The van der Waals surface area contributed by atoms with Crippen LogP contribution in [-0.4, -0.2) is 25.4 Å². The zero-order valence-electron chi connectivity index (χ0n) is 5.73. The highest BCUT2D eigenvalue weighted by atomic mass is 79.9. The van der Waals surface area contributed by atoms with Gasteiger partial charge in [0.2, 0.25) is 0 Å². The summed E-state index contributed by atoms with van der Waals surface area (Å²) < 4.78 is 11.9. The van der Waals surface area contributed by atoms with E-state index in [2.05, 4.69) is 15.9 Å². The molecule has 0 unspecified atom stereocenters. The van der Waals surface area contributed by atoms with Gasteiger partial charge in [-0.15, -0.1) is 0 Å². The molecule has 0 atom stereocenters. The Morgan fingerprint density at radius 1 is 1.62 bits per heavy atom. The molecule has 0 aliphatic carbocycles. The van der Waals surface area contributed by atoms with Gasteiger partial charge in [0.25, 0.3) is 0 Å². The number of hydrogen-bond donors (Lipinski definition) is 1. The van der Waals surface area contributed by atoms with E-state index in [1.807, 2.05) is 0 Å². The third-order valence-corrected chi connectivity index (χ3v) is 1.27. The van der Waals surface area contributed by atoms with Crippen molar-refractivity contribution >= 4 is 28.5 Å². The maximum Gasteiger partial charge on any atom is 0.102 e. The second kappa shape index (κ2) is 7.79. The Labute approximate surface area is 65.4 Å². The molecule has 0 rings (SSSR count). The van der Waals surface area contributed by atoms with Crippen molar-refractivity contribution in [2.24, 2.45) is 0 Å². The van der Waals surface area contributed by atoms with Crippen LogP contribution in [0.5, 0.6) is 0 Å². The van der Waals surface area contributed by atoms with Crippen molar-refractivity contribution in [2.75, 3.05) is 24.3 Å². The van der Waals surface area contributed by atoms with Gasteiger partial charge < -0.3 is 4.74 Å². The lowest BCUT2D eigenvalue weighted by Crippen LogP contribution is -1.97. The molecule has 1 nitrogen and oxygen atoms in total. The standard InChI is InChI=1S/C5H11BrOS/c6-2-4-7-3-1-5-8/h8H,1-5H2/i/hT. The van der Waals surface area contributed by atoms with Gasteiger partial charge in [0.05, 0.1) is 6.61 Å². The average molecular weight is 201 g/mol. The summed E-state index contributed by atoms with van der Waals surface area (Å²) in [5.74, 6) is 0.877. The molecule has 0 aliphatic rings. The van der Waals surface area contributed by atoms with Crippen molar-refractivity contribution in [3.63, 3.8) is 0 Å². The number of thiol groups is 1. The van der Waals surface area contributed by atoms with Gasteiger partial charge in [-0.05, 0) is 12.2 Å². The lowest BCUT2D eigenvalue weighted by atomic mass is 10.5. The molecule has 0 spiro atoms. The summed E-state index contributed by atoms with van der Waals surface area (Å²) in [5.41, 5.74) is 0. The summed E-state index contributed by atoms with van der Waals surface area (Å²) >= 11 is 4.37. The van der Waals surface area contributed by atoms with Gasteiger partial charge in [0.1, 0.15) is 1.12 Å². The van der Waals surface area contributed by atoms with E-state index in [0.717, 1.165) is 43.3 Å². The van der Waals surface area contributed by atoms with E-state index >= 15 is 0 Å². The van der Waals surface area contributed by atoms with Crippen LogP contribution in [-0.2, 0) is 4.74 Å². The van der Waals surface area contributed by atoms with E-state index < -0.39 is 0 Å². The smallest absolute Gasteiger partial charge is 0.102 e. The first-order valence-electron chi connectivity index (χ1n) is 3.04. The molecule has 0 aromatic rings. The second-order valence-corrected chi connectivity index (χ2v) is 2.56.